The molecular weight excluding hydrogens is 335 g/mol. The van der Waals surface area contributed by atoms with E-state index < -0.39 is 5.95 Å². The Morgan fingerprint density at radius 1 is 1.16 bits per heavy atom. The van der Waals surface area contributed by atoms with Gasteiger partial charge in [-0.05, 0) is 44.3 Å². The maximum atomic E-state index is 14.1. The van der Waals surface area contributed by atoms with Crippen molar-refractivity contribution in [2.75, 3.05) is 7.05 Å². The molecule has 0 radical (unpaired) electrons. The van der Waals surface area contributed by atoms with Gasteiger partial charge in [-0.2, -0.15) is 9.49 Å². The Morgan fingerprint density at radius 3 is 2.64 bits per heavy atom. The van der Waals surface area contributed by atoms with Crippen molar-refractivity contribution in [1.82, 2.24) is 20.1 Å². The van der Waals surface area contributed by atoms with Crippen molar-refractivity contribution >= 4 is 11.8 Å². The van der Waals surface area contributed by atoms with Crippen LogP contribution in [0.25, 0.3) is 5.69 Å². The van der Waals surface area contributed by atoms with Gasteiger partial charge < -0.3 is 5.32 Å². The van der Waals surface area contributed by atoms with Crippen LogP contribution < -0.4 is 5.32 Å². The lowest BCUT2D eigenvalue weighted by Crippen LogP contribution is -2.07. The number of aryl methyl sites for hydroxylation is 1. The summed E-state index contributed by atoms with van der Waals surface area (Å²) in [7, 11) is 1.86. The second-order valence-electron chi connectivity index (χ2n) is 5.15. The molecule has 2 aromatic heterocycles. The fraction of sp³-hybridized carbons (Fsp3) is 0.263. The number of halogens is 1. The van der Waals surface area contributed by atoms with Crippen molar-refractivity contribution in [2.45, 2.75) is 37.2 Å². The van der Waals surface area contributed by atoms with E-state index in [1.54, 1.807) is 28.6 Å². The molecule has 1 N–H and O–H groups in total. The van der Waals surface area contributed by atoms with E-state index in [1.165, 1.54) is 11.8 Å². The van der Waals surface area contributed by atoms with Crippen molar-refractivity contribution in [3.63, 3.8) is 0 Å². The zero-order valence-electron chi connectivity index (χ0n) is 15.0. The Balaban J connectivity index is 0.00000109. The smallest absolute Gasteiger partial charge is 0.238 e. The van der Waals surface area contributed by atoms with Crippen LogP contribution in [0.5, 0.6) is 0 Å². The highest BCUT2D eigenvalue weighted by molar-refractivity contribution is 7.99. The predicted octanol–water partition coefficient (Wildman–Crippen LogP) is 4.61. The standard InChI is InChI=1S/C17H17FN4S.C2H6/c1-12-5-3-6-14(9-12)23-16-10-13(11-19-2)21-22(16)15-7-4-8-20-17(15)18;1-2/h3-10,19H,11H2,1-2H3;1-2H3. The van der Waals surface area contributed by atoms with E-state index in [0.717, 1.165) is 15.6 Å². The molecule has 0 aliphatic heterocycles. The minimum absolute atomic E-state index is 0.352. The molecule has 0 bridgehead atoms. The maximum Gasteiger partial charge on any atom is 0.238 e. The Bertz CT molecular complexity index is 817. The topological polar surface area (TPSA) is 42.7 Å². The zero-order chi connectivity index (χ0) is 18.2. The number of hydrogen-bond donors (Lipinski definition) is 1. The molecule has 6 heteroatoms. The van der Waals surface area contributed by atoms with Crippen molar-refractivity contribution in [1.29, 1.82) is 0 Å². The molecule has 25 heavy (non-hydrogen) atoms. The second-order valence-corrected chi connectivity index (χ2v) is 6.24. The molecule has 0 saturated heterocycles. The third-order valence-electron chi connectivity index (χ3n) is 3.26. The van der Waals surface area contributed by atoms with Gasteiger partial charge in [0, 0.05) is 17.6 Å². The van der Waals surface area contributed by atoms with Crippen LogP contribution >= 0.6 is 11.8 Å². The number of benzene rings is 1. The molecule has 0 fully saturated rings. The lowest BCUT2D eigenvalue weighted by atomic mass is 10.2. The van der Waals surface area contributed by atoms with Gasteiger partial charge in [0.2, 0.25) is 5.95 Å². The first-order chi connectivity index (χ1) is 12.2. The van der Waals surface area contributed by atoms with E-state index in [4.69, 9.17) is 0 Å². The van der Waals surface area contributed by atoms with Gasteiger partial charge in [-0.1, -0.05) is 43.3 Å². The van der Waals surface area contributed by atoms with Gasteiger partial charge in [-0.25, -0.2) is 9.67 Å². The molecule has 0 unspecified atom stereocenters. The van der Waals surface area contributed by atoms with Gasteiger partial charge in [0.15, 0.2) is 0 Å². The molecule has 0 amide bonds. The van der Waals surface area contributed by atoms with Crippen molar-refractivity contribution in [3.8, 4) is 5.69 Å². The van der Waals surface area contributed by atoms with Crippen LogP contribution in [-0.2, 0) is 6.54 Å². The summed E-state index contributed by atoms with van der Waals surface area (Å²) in [4.78, 5) is 4.81. The third-order valence-corrected chi connectivity index (χ3v) is 4.25. The van der Waals surface area contributed by atoms with Gasteiger partial charge in [0.25, 0.3) is 0 Å². The number of nitrogens with zero attached hydrogens (tertiary/aromatic N) is 3. The summed E-state index contributed by atoms with van der Waals surface area (Å²) >= 11 is 1.56. The van der Waals surface area contributed by atoms with Gasteiger partial charge in [0.1, 0.15) is 10.7 Å². The summed E-state index contributed by atoms with van der Waals surface area (Å²) in [5.74, 6) is -0.530. The molecule has 132 valence electrons. The number of aromatic nitrogens is 3. The molecule has 2 heterocycles. The van der Waals surface area contributed by atoms with Gasteiger partial charge >= 0.3 is 0 Å². The number of nitrogens with one attached hydrogen (secondary N) is 1. The second kappa shape index (κ2) is 9.34. The predicted molar refractivity (Wildman–Crippen MR) is 101 cm³/mol. The minimum Gasteiger partial charge on any atom is -0.314 e. The fourth-order valence-electron chi connectivity index (χ4n) is 2.26. The van der Waals surface area contributed by atoms with Gasteiger partial charge in [-0.3, -0.25) is 0 Å². The highest BCUT2D eigenvalue weighted by Crippen LogP contribution is 2.31. The lowest BCUT2D eigenvalue weighted by molar-refractivity contribution is 0.562. The van der Waals surface area contributed by atoms with E-state index >= 15 is 0 Å². The van der Waals surface area contributed by atoms with Crippen LogP contribution in [0.3, 0.4) is 0 Å². The fourth-order valence-corrected chi connectivity index (χ4v) is 3.31. The normalized spacial score (nSPS) is 10.3. The Hall–Kier alpha value is -2.18. The summed E-state index contributed by atoms with van der Waals surface area (Å²) in [6.07, 6.45) is 1.43. The first-order valence-electron chi connectivity index (χ1n) is 8.26. The highest BCUT2D eigenvalue weighted by atomic mass is 32.2. The summed E-state index contributed by atoms with van der Waals surface area (Å²) in [5, 5.41) is 8.43. The minimum atomic E-state index is -0.530. The molecule has 1 aromatic carbocycles. The average molecular weight is 358 g/mol. The first kappa shape index (κ1) is 19.1. The lowest BCUT2D eigenvalue weighted by Gasteiger charge is -2.07. The average Bonchev–Trinajstić information content (AvgIpc) is 3.00. The van der Waals surface area contributed by atoms with E-state index in [2.05, 4.69) is 34.5 Å². The zero-order valence-corrected chi connectivity index (χ0v) is 15.8. The van der Waals surface area contributed by atoms with Crippen LogP contribution in [0, 0.1) is 12.9 Å². The summed E-state index contributed by atoms with van der Waals surface area (Å²) < 4.78 is 15.7. The van der Waals surface area contributed by atoms with Gasteiger partial charge in [0.05, 0.1) is 5.69 Å². The molecular formula is C19H23FN4S. The summed E-state index contributed by atoms with van der Waals surface area (Å²) in [6.45, 7) is 6.67. The quantitative estimate of drug-likeness (QED) is 0.676. The summed E-state index contributed by atoms with van der Waals surface area (Å²) in [5.41, 5.74) is 2.39. The van der Waals surface area contributed by atoms with Crippen molar-refractivity contribution in [2.24, 2.45) is 0 Å². The molecule has 0 aliphatic carbocycles. The van der Waals surface area contributed by atoms with Crippen molar-refractivity contribution in [3.05, 3.63) is 65.9 Å². The van der Waals surface area contributed by atoms with E-state index in [-0.39, 0.29) is 0 Å². The Kier molecular flexibility index (Phi) is 7.16. The van der Waals surface area contributed by atoms with Crippen LogP contribution in [0.15, 0.2) is 58.6 Å². The Morgan fingerprint density at radius 2 is 1.96 bits per heavy atom. The Labute approximate surface area is 152 Å². The number of pyridine rings is 1. The third kappa shape index (κ3) is 4.90. The summed E-state index contributed by atoms with van der Waals surface area (Å²) in [6, 6.07) is 13.5. The molecule has 0 saturated carbocycles. The number of hydrogen-bond acceptors (Lipinski definition) is 4. The van der Waals surface area contributed by atoms with E-state index in [1.807, 2.05) is 39.1 Å². The van der Waals surface area contributed by atoms with E-state index in [9.17, 15) is 4.39 Å². The monoisotopic (exact) mass is 358 g/mol. The molecule has 3 rings (SSSR count). The van der Waals surface area contributed by atoms with Gasteiger partial charge in [-0.15, -0.1) is 0 Å². The van der Waals surface area contributed by atoms with Crippen LogP contribution in [0.2, 0.25) is 0 Å². The van der Waals surface area contributed by atoms with Crippen LogP contribution in [-0.4, -0.2) is 21.8 Å². The molecule has 4 nitrogen and oxygen atoms in total. The first-order valence-corrected chi connectivity index (χ1v) is 9.08. The largest absolute Gasteiger partial charge is 0.314 e. The number of rotatable bonds is 5. The van der Waals surface area contributed by atoms with Crippen LogP contribution in [0.1, 0.15) is 25.1 Å². The van der Waals surface area contributed by atoms with E-state index in [0.29, 0.717) is 12.2 Å². The van der Waals surface area contributed by atoms with Crippen LogP contribution in [0.4, 0.5) is 4.39 Å². The van der Waals surface area contributed by atoms with Crippen molar-refractivity contribution < 1.29 is 4.39 Å². The maximum absolute atomic E-state index is 14.1. The molecule has 0 aliphatic rings. The molecule has 3 aromatic rings. The highest BCUT2D eigenvalue weighted by Gasteiger charge is 2.14. The molecule has 0 atom stereocenters. The SMILES string of the molecule is CC.CNCc1cc(Sc2cccc(C)c2)n(-c2cccnc2F)n1. The molecule has 0 spiro atoms.